The number of nitrogens with one attached hydrogen (secondary N) is 2. The third-order valence-electron chi connectivity index (χ3n) is 3.86. The van der Waals surface area contributed by atoms with E-state index in [1.165, 1.54) is 32.1 Å². The van der Waals surface area contributed by atoms with E-state index in [4.69, 9.17) is 9.90 Å². The second-order valence-corrected chi connectivity index (χ2v) is 5.69. The van der Waals surface area contributed by atoms with Crippen molar-refractivity contribution in [3.8, 4) is 0 Å². The number of aliphatic carboxylic acids is 1. The zero-order valence-electron chi connectivity index (χ0n) is 12.4. The predicted molar refractivity (Wildman–Crippen MR) is 74.3 cm³/mol. The summed E-state index contributed by atoms with van der Waals surface area (Å²) in [5, 5.41) is 13.6. The van der Waals surface area contributed by atoms with Gasteiger partial charge >= 0.3 is 12.1 Å². The first kappa shape index (κ1) is 18.7. The molecule has 0 aromatic rings. The Kier molecular flexibility index (Phi) is 7.64. The Morgan fingerprint density at radius 2 is 1.64 bits per heavy atom. The van der Waals surface area contributed by atoms with Crippen LogP contribution in [-0.2, 0) is 9.59 Å². The van der Waals surface area contributed by atoms with Crippen molar-refractivity contribution < 1.29 is 27.9 Å². The van der Waals surface area contributed by atoms with E-state index in [9.17, 15) is 18.0 Å². The molecule has 2 aliphatic rings. The second kappa shape index (κ2) is 8.97. The summed E-state index contributed by atoms with van der Waals surface area (Å²) in [6.45, 7) is 1.95. The summed E-state index contributed by atoms with van der Waals surface area (Å²) < 4.78 is 31.7. The van der Waals surface area contributed by atoms with Gasteiger partial charge in [0.1, 0.15) is 0 Å². The molecule has 2 fully saturated rings. The molecule has 0 spiro atoms. The Bertz CT molecular complexity index is 363. The number of hydrogen-bond acceptors (Lipinski definition) is 3. The van der Waals surface area contributed by atoms with Gasteiger partial charge in [0.25, 0.3) is 0 Å². The van der Waals surface area contributed by atoms with Crippen LogP contribution in [0, 0.1) is 5.92 Å². The van der Waals surface area contributed by atoms with Crippen molar-refractivity contribution >= 4 is 11.9 Å². The van der Waals surface area contributed by atoms with E-state index in [-0.39, 0.29) is 11.8 Å². The average molecular weight is 324 g/mol. The highest BCUT2D eigenvalue weighted by Gasteiger charge is 2.38. The molecular weight excluding hydrogens is 301 g/mol. The Hall–Kier alpha value is -1.31. The van der Waals surface area contributed by atoms with E-state index >= 15 is 0 Å². The van der Waals surface area contributed by atoms with Crippen molar-refractivity contribution in [2.24, 2.45) is 5.92 Å². The first-order valence-electron chi connectivity index (χ1n) is 7.62. The van der Waals surface area contributed by atoms with Crippen LogP contribution in [0.4, 0.5) is 13.2 Å². The minimum atomic E-state index is -5.08. The molecule has 0 aromatic heterocycles. The molecule has 1 saturated heterocycles. The van der Waals surface area contributed by atoms with Gasteiger partial charge in [0.05, 0.1) is 5.92 Å². The van der Waals surface area contributed by atoms with E-state index in [1.54, 1.807) is 0 Å². The Morgan fingerprint density at radius 1 is 1.05 bits per heavy atom. The summed E-state index contributed by atoms with van der Waals surface area (Å²) in [5.74, 6) is -2.25. The molecule has 1 amide bonds. The number of carboxylic acids is 1. The fourth-order valence-electron chi connectivity index (χ4n) is 2.64. The quantitative estimate of drug-likeness (QED) is 0.726. The average Bonchev–Trinajstić information content (AvgIpc) is 2.49. The Labute approximate surface area is 127 Å². The summed E-state index contributed by atoms with van der Waals surface area (Å²) in [4.78, 5) is 20.8. The number of carbonyl (C=O) groups excluding carboxylic acids is 1. The van der Waals surface area contributed by atoms with Crippen LogP contribution in [0.15, 0.2) is 0 Å². The third-order valence-corrected chi connectivity index (χ3v) is 3.86. The minimum absolute atomic E-state index is 0.223. The SMILES string of the molecule is O=C(NC1CCCCC1)[C@H]1CCCNC1.O=C(O)C(F)(F)F. The highest BCUT2D eigenvalue weighted by Crippen LogP contribution is 2.18. The number of piperidine rings is 1. The third kappa shape index (κ3) is 7.11. The van der Waals surface area contributed by atoms with Crippen LogP contribution in [0.5, 0.6) is 0 Å². The molecule has 1 aliphatic heterocycles. The Balaban J connectivity index is 0.000000295. The number of halogens is 3. The molecule has 3 N–H and O–H groups in total. The van der Waals surface area contributed by atoms with E-state index in [1.807, 2.05) is 0 Å². The number of carboxylic acid groups (broad SMARTS) is 1. The zero-order chi connectivity index (χ0) is 16.6. The minimum Gasteiger partial charge on any atom is -0.475 e. The van der Waals surface area contributed by atoms with Gasteiger partial charge in [-0.15, -0.1) is 0 Å². The lowest BCUT2D eigenvalue weighted by Gasteiger charge is -2.27. The molecule has 2 rings (SSSR count). The standard InChI is InChI=1S/C12H22N2O.C2HF3O2/c15-12(10-5-4-8-13-9-10)14-11-6-2-1-3-7-11;3-2(4,5)1(6)7/h10-11,13H,1-9H2,(H,14,15);(H,6,7)/t10-;/m0./s1. The first-order valence-corrected chi connectivity index (χ1v) is 7.62. The molecule has 22 heavy (non-hydrogen) atoms. The van der Waals surface area contributed by atoms with Crippen molar-refractivity contribution in [1.29, 1.82) is 0 Å². The lowest BCUT2D eigenvalue weighted by Crippen LogP contribution is -2.44. The van der Waals surface area contributed by atoms with Gasteiger partial charge in [-0.3, -0.25) is 4.79 Å². The molecule has 0 unspecified atom stereocenters. The van der Waals surface area contributed by atoms with Crippen molar-refractivity contribution in [2.45, 2.75) is 57.2 Å². The summed E-state index contributed by atoms with van der Waals surface area (Å²) in [5.41, 5.74) is 0. The van der Waals surface area contributed by atoms with E-state index in [0.29, 0.717) is 6.04 Å². The predicted octanol–water partition coefficient (Wildman–Crippen LogP) is 2.07. The molecular formula is C14H23F3N2O3. The summed E-state index contributed by atoms with van der Waals surface area (Å²) >= 11 is 0. The number of hydrogen-bond donors (Lipinski definition) is 3. The maximum Gasteiger partial charge on any atom is 0.490 e. The van der Waals surface area contributed by atoms with Crippen LogP contribution in [0.2, 0.25) is 0 Å². The summed E-state index contributed by atoms with van der Waals surface area (Å²) in [6.07, 6.45) is 3.41. The van der Waals surface area contributed by atoms with Gasteiger partial charge in [0.2, 0.25) is 5.91 Å². The molecule has 0 radical (unpaired) electrons. The van der Waals surface area contributed by atoms with Crippen LogP contribution in [0.1, 0.15) is 44.9 Å². The van der Waals surface area contributed by atoms with Gasteiger partial charge in [-0.2, -0.15) is 13.2 Å². The highest BCUT2D eigenvalue weighted by atomic mass is 19.4. The zero-order valence-corrected chi connectivity index (χ0v) is 12.4. The normalized spacial score (nSPS) is 23.1. The lowest BCUT2D eigenvalue weighted by molar-refractivity contribution is -0.192. The van der Waals surface area contributed by atoms with Crippen molar-refractivity contribution in [3.05, 3.63) is 0 Å². The molecule has 0 aromatic carbocycles. The van der Waals surface area contributed by atoms with Crippen LogP contribution < -0.4 is 10.6 Å². The van der Waals surface area contributed by atoms with Crippen LogP contribution in [0.3, 0.4) is 0 Å². The van der Waals surface area contributed by atoms with Crippen LogP contribution in [0.25, 0.3) is 0 Å². The number of amides is 1. The molecule has 8 heteroatoms. The molecule has 0 bridgehead atoms. The van der Waals surface area contributed by atoms with Crippen molar-refractivity contribution in [1.82, 2.24) is 10.6 Å². The number of rotatable bonds is 2. The maximum absolute atomic E-state index is 11.9. The smallest absolute Gasteiger partial charge is 0.475 e. The first-order chi connectivity index (χ1) is 10.3. The highest BCUT2D eigenvalue weighted by molar-refractivity contribution is 5.79. The molecule has 5 nitrogen and oxygen atoms in total. The molecule has 1 aliphatic carbocycles. The van der Waals surface area contributed by atoms with E-state index < -0.39 is 12.1 Å². The largest absolute Gasteiger partial charge is 0.490 e. The van der Waals surface area contributed by atoms with Crippen molar-refractivity contribution in [3.63, 3.8) is 0 Å². The van der Waals surface area contributed by atoms with Crippen LogP contribution in [-0.4, -0.2) is 42.3 Å². The summed E-state index contributed by atoms with van der Waals surface area (Å²) in [6, 6.07) is 0.466. The van der Waals surface area contributed by atoms with Gasteiger partial charge in [-0.05, 0) is 32.2 Å². The molecule has 128 valence electrons. The number of carbonyl (C=O) groups is 2. The Morgan fingerprint density at radius 3 is 2.09 bits per heavy atom. The topological polar surface area (TPSA) is 78.4 Å². The lowest BCUT2D eigenvalue weighted by atomic mass is 9.93. The molecule has 1 saturated carbocycles. The van der Waals surface area contributed by atoms with E-state index in [0.717, 1.165) is 25.9 Å². The fourth-order valence-corrected chi connectivity index (χ4v) is 2.64. The molecule has 1 heterocycles. The van der Waals surface area contributed by atoms with E-state index in [2.05, 4.69) is 10.6 Å². The summed E-state index contributed by atoms with van der Waals surface area (Å²) in [7, 11) is 0. The second-order valence-electron chi connectivity index (χ2n) is 5.69. The van der Waals surface area contributed by atoms with Crippen LogP contribution >= 0.6 is 0 Å². The van der Waals surface area contributed by atoms with Gasteiger partial charge in [-0.1, -0.05) is 19.3 Å². The maximum atomic E-state index is 11.9. The van der Waals surface area contributed by atoms with Crippen molar-refractivity contribution in [2.75, 3.05) is 13.1 Å². The number of alkyl halides is 3. The fraction of sp³-hybridized carbons (Fsp3) is 0.857. The molecule has 1 atom stereocenters. The monoisotopic (exact) mass is 324 g/mol. The van der Waals surface area contributed by atoms with Gasteiger partial charge in [0, 0.05) is 12.6 Å². The van der Waals surface area contributed by atoms with Gasteiger partial charge < -0.3 is 15.7 Å². The van der Waals surface area contributed by atoms with Gasteiger partial charge in [-0.25, -0.2) is 4.79 Å². The van der Waals surface area contributed by atoms with Gasteiger partial charge in [0.15, 0.2) is 0 Å².